The van der Waals surface area contributed by atoms with Crippen molar-refractivity contribution in [2.45, 2.75) is 25.2 Å². The third kappa shape index (κ3) is 2.28. The summed E-state index contributed by atoms with van der Waals surface area (Å²) in [5.74, 6) is -0.369. The third-order valence-electron chi connectivity index (χ3n) is 5.01. The van der Waals surface area contributed by atoms with Gasteiger partial charge in [-0.3, -0.25) is 14.4 Å². The van der Waals surface area contributed by atoms with Gasteiger partial charge in [0.15, 0.2) is 17.3 Å². The predicted molar refractivity (Wildman–Crippen MR) is 101 cm³/mol. The minimum Gasteiger partial charge on any atom is -0.294 e. The van der Waals surface area contributed by atoms with Crippen LogP contribution in [0.5, 0.6) is 0 Å². The number of ketones is 3. The maximum Gasteiger partial charge on any atom is 0.194 e. The van der Waals surface area contributed by atoms with E-state index in [0.29, 0.717) is 22.3 Å². The molecule has 124 valence electrons. The highest BCUT2D eigenvalue weighted by atomic mass is 28.3. The molecule has 0 saturated carbocycles. The van der Waals surface area contributed by atoms with Gasteiger partial charge < -0.3 is 0 Å². The Kier molecular flexibility index (Phi) is 3.31. The first-order valence-electron chi connectivity index (χ1n) is 8.37. The molecule has 2 aliphatic rings. The Bertz CT molecular complexity index is 1030. The van der Waals surface area contributed by atoms with E-state index in [1.807, 2.05) is 24.3 Å². The molecular formula is C21H18O3Si. The Morgan fingerprint density at radius 3 is 1.92 bits per heavy atom. The molecule has 1 unspecified atom stereocenters. The fourth-order valence-electron chi connectivity index (χ4n) is 3.87. The lowest BCUT2D eigenvalue weighted by atomic mass is 9.78. The lowest BCUT2D eigenvalue weighted by molar-refractivity contribution is -0.114. The average molecular weight is 346 g/mol. The monoisotopic (exact) mass is 346 g/mol. The van der Waals surface area contributed by atoms with Gasteiger partial charge in [0.25, 0.3) is 0 Å². The van der Waals surface area contributed by atoms with Crippen LogP contribution in [0.4, 0.5) is 0 Å². The van der Waals surface area contributed by atoms with Gasteiger partial charge in [0, 0.05) is 27.8 Å². The van der Waals surface area contributed by atoms with Crippen LogP contribution in [0.3, 0.4) is 0 Å². The van der Waals surface area contributed by atoms with Crippen LogP contribution in [0.2, 0.25) is 25.2 Å². The molecule has 2 aliphatic carbocycles. The molecule has 4 rings (SSSR count). The molecule has 0 saturated heterocycles. The van der Waals surface area contributed by atoms with E-state index in [-0.39, 0.29) is 17.3 Å². The first-order valence-corrected chi connectivity index (χ1v) is 11.9. The third-order valence-corrected chi connectivity index (χ3v) is 7.31. The average Bonchev–Trinajstić information content (AvgIpc) is 2.57. The second-order valence-corrected chi connectivity index (χ2v) is 13.1. The number of benzene rings is 2. The normalized spacial score (nSPS) is 20.1. The molecule has 3 nitrogen and oxygen atoms in total. The van der Waals surface area contributed by atoms with Crippen molar-refractivity contribution in [1.29, 1.82) is 0 Å². The van der Waals surface area contributed by atoms with Crippen molar-refractivity contribution in [2.75, 3.05) is 0 Å². The van der Waals surface area contributed by atoms with E-state index in [1.54, 1.807) is 12.1 Å². The highest BCUT2D eigenvalue weighted by molar-refractivity contribution is 6.82. The Morgan fingerprint density at radius 1 is 0.800 bits per heavy atom. The van der Waals surface area contributed by atoms with Crippen LogP contribution < -0.4 is 0 Å². The summed E-state index contributed by atoms with van der Waals surface area (Å²) in [6.07, 6.45) is 3.01. The minimum atomic E-state index is -2.01. The number of carbonyl (C=O) groups is 3. The molecule has 1 atom stereocenters. The summed E-state index contributed by atoms with van der Waals surface area (Å²) in [5, 5.41) is 1.86. The van der Waals surface area contributed by atoms with Crippen molar-refractivity contribution in [2.24, 2.45) is 0 Å². The largest absolute Gasteiger partial charge is 0.294 e. The lowest BCUT2D eigenvalue weighted by Gasteiger charge is -2.34. The lowest BCUT2D eigenvalue weighted by Crippen LogP contribution is -2.40. The maximum absolute atomic E-state index is 13.3. The van der Waals surface area contributed by atoms with Crippen LogP contribution in [0.1, 0.15) is 20.7 Å². The summed E-state index contributed by atoms with van der Waals surface area (Å²) in [7, 11) is -2.01. The van der Waals surface area contributed by atoms with E-state index < -0.39 is 13.6 Å². The molecule has 25 heavy (non-hydrogen) atoms. The molecular weight excluding hydrogens is 328 g/mol. The van der Waals surface area contributed by atoms with Crippen molar-refractivity contribution < 1.29 is 14.4 Å². The SMILES string of the molecule is C[Si](C)(C)C1C(=O)C=CC2=C1C(=O)c1cc3ccccc3cc1C2=O. The molecule has 0 bridgehead atoms. The Labute approximate surface area is 147 Å². The van der Waals surface area contributed by atoms with Gasteiger partial charge in [0.1, 0.15) is 0 Å². The van der Waals surface area contributed by atoms with E-state index in [4.69, 9.17) is 0 Å². The zero-order chi connectivity index (χ0) is 17.9. The summed E-state index contributed by atoms with van der Waals surface area (Å²) in [6, 6.07) is 11.3. The van der Waals surface area contributed by atoms with Gasteiger partial charge >= 0.3 is 0 Å². The Morgan fingerprint density at radius 2 is 1.36 bits per heavy atom. The highest BCUT2D eigenvalue weighted by Crippen LogP contribution is 2.42. The number of allylic oxidation sites excluding steroid dienone is 4. The molecule has 0 amide bonds. The predicted octanol–water partition coefficient (Wildman–Crippen LogP) is 4.36. The number of Topliss-reactive ketones (excluding diaryl/α,β-unsaturated/α-hetero) is 2. The fourth-order valence-corrected chi connectivity index (χ4v) is 5.97. The van der Waals surface area contributed by atoms with Crippen LogP contribution in [0, 0.1) is 0 Å². The molecule has 0 heterocycles. The number of rotatable bonds is 1. The molecule has 2 aromatic rings. The number of hydrogen-bond acceptors (Lipinski definition) is 3. The van der Waals surface area contributed by atoms with Crippen LogP contribution in [0.25, 0.3) is 10.8 Å². The van der Waals surface area contributed by atoms with E-state index >= 15 is 0 Å². The molecule has 4 heteroatoms. The second-order valence-electron chi connectivity index (χ2n) is 7.77. The van der Waals surface area contributed by atoms with E-state index in [1.165, 1.54) is 12.2 Å². The molecule has 0 aromatic heterocycles. The van der Waals surface area contributed by atoms with Gasteiger partial charge in [0.2, 0.25) is 0 Å². The van der Waals surface area contributed by atoms with Crippen molar-refractivity contribution in [3.63, 3.8) is 0 Å². The molecule has 0 aliphatic heterocycles. The van der Waals surface area contributed by atoms with Crippen molar-refractivity contribution in [3.05, 3.63) is 70.8 Å². The minimum absolute atomic E-state index is 0.0525. The van der Waals surface area contributed by atoms with Gasteiger partial charge in [-0.05, 0) is 35.1 Å². The quantitative estimate of drug-likeness (QED) is 0.721. The van der Waals surface area contributed by atoms with Crippen LogP contribution in [-0.4, -0.2) is 25.4 Å². The van der Waals surface area contributed by atoms with Gasteiger partial charge in [-0.1, -0.05) is 43.9 Å². The zero-order valence-corrected chi connectivity index (χ0v) is 15.4. The maximum atomic E-state index is 13.3. The molecule has 0 N–H and O–H groups in total. The smallest absolute Gasteiger partial charge is 0.194 e. The van der Waals surface area contributed by atoms with Gasteiger partial charge in [-0.25, -0.2) is 0 Å². The summed E-state index contributed by atoms with van der Waals surface area (Å²) < 4.78 is 0. The first kappa shape index (κ1) is 15.9. The zero-order valence-electron chi connectivity index (χ0n) is 14.4. The first-order chi connectivity index (χ1) is 11.8. The number of carbonyl (C=O) groups excluding carboxylic acids is 3. The second kappa shape index (κ2) is 5.20. The van der Waals surface area contributed by atoms with E-state index in [9.17, 15) is 14.4 Å². The molecule has 0 radical (unpaired) electrons. The van der Waals surface area contributed by atoms with E-state index in [0.717, 1.165) is 10.8 Å². The van der Waals surface area contributed by atoms with Crippen molar-refractivity contribution >= 4 is 36.2 Å². The van der Waals surface area contributed by atoms with Crippen LogP contribution in [-0.2, 0) is 4.79 Å². The number of hydrogen-bond donors (Lipinski definition) is 0. The van der Waals surface area contributed by atoms with Gasteiger partial charge in [-0.2, -0.15) is 0 Å². The highest BCUT2D eigenvalue weighted by Gasteiger charge is 2.45. The Balaban J connectivity index is 1.99. The number of fused-ring (bicyclic) bond motifs is 2. The van der Waals surface area contributed by atoms with Crippen molar-refractivity contribution in [3.8, 4) is 0 Å². The van der Waals surface area contributed by atoms with Gasteiger partial charge in [0.05, 0.1) is 8.07 Å². The molecule has 2 aromatic carbocycles. The summed E-state index contributed by atoms with van der Waals surface area (Å²) in [5.41, 5.74) is 1.23. The standard InChI is InChI=1S/C21H18O3Si/c1-25(2,3)21-17(22)9-8-14-18(21)20(24)16-11-13-7-5-4-6-12(13)10-15(16)19(14)23/h4-11,21H,1-3H3. The van der Waals surface area contributed by atoms with Crippen molar-refractivity contribution in [1.82, 2.24) is 0 Å². The van der Waals surface area contributed by atoms with Crippen LogP contribution in [0.15, 0.2) is 59.7 Å². The topological polar surface area (TPSA) is 51.2 Å². The summed E-state index contributed by atoms with van der Waals surface area (Å²) in [6.45, 7) is 6.19. The van der Waals surface area contributed by atoms with Crippen LogP contribution >= 0.6 is 0 Å². The van der Waals surface area contributed by atoms with E-state index in [2.05, 4.69) is 19.6 Å². The summed E-state index contributed by atoms with van der Waals surface area (Å²) in [4.78, 5) is 38.9. The summed E-state index contributed by atoms with van der Waals surface area (Å²) >= 11 is 0. The fraction of sp³-hybridized carbons (Fsp3) is 0.190. The van der Waals surface area contributed by atoms with Gasteiger partial charge in [-0.15, -0.1) is 0 Å². The molecule has 0 fully saturated rings. The molecule has 0 spiro atoms. The Hall–Kier alpha value is -2.59.